The molecule has 0 aromatic rings. The van der Waals surface area contributed by atoms with E-state index in [9.17, 15) is 39.8 Å². The largest absolute Gasteiger partial charge is 0.472 e. The van der Waals surface area contributed by atoms with Crippen LogP contribution in [0.15, 0.2) is 122 Å². The van der Waals surface area contributed by atoms with Crippen LogP contribution in [-0.4, -0.2) is 98.9 Å². The molecule has 1 aliphatic rings. The Morgan fingerprint density at radius 2 is 0.797 bits per heavy atom. The molecule has 74 heavy (non-hydrogen) atoms. The second kappa shape index (κ2) is 49.3. The first kappa shape index (κ1) is 68.8. The highest BCUT2D eigenvalue weighted by Gasteiger charge is 2.51. The molecule has 13 heteroatoms. The molecule has 6 unspecified atom stereocenters. The van der Waals surface area contributed by atoms with E-state index in [2.05, 4.69) is 135 Å². The standard InChI is InChI=1S/C61H101O12P/c1-3-5-7-9-11-13-15-17-19-21-23-25-27-29-31-33-35-37-39-41-43-45-47-49-51-70-52-54(53-71-74(68,69)73-61-59(66)57(64)56(63)58(65)60(61)67)72-55(62)50-48-46-44-42-40-38-36-34-32-30-28-26-24-22-20-18-16-14-12-10-8-6-4-2/h5,7,11,13,16-19,22-25,28-31,35,37,41,43,54,56-61,63-67H,3-4,6,8-10,12,14-15,20-21,26-27,32-34,36,38-40,42,44-53H2,1-2H3,(H,68,69)/b7-5-,13-11-,18-16-,19-17-,24-22-,25-23-,30-28-,31-29-,37-35-,43-41-. The van der Waals surface area contributed by atoms with E-state index in [0.717, 1.165) is 109 Å². The summed E-state index contributed by atoms with van der Waals surface area (Å²) in [5, 5.41) is 50.4. The van der Waals surface area contributed by atoms with Gasteiger partial charge in [-0.3, -0.25) is 13.8 Å². The van der Waals surface area contributed by atoms with Crippen molar-refractivity contribution in [3.05, 3.63) is 122 Å². The smallest absolute Gasteiger partial charge is 0.457 e. The highest BCUT2D eigenvalue weighted by molar-refractivity contribution is 7.47. The van der Waals surface area contributed by atoms with Gasteiger partial charge in [0.2, 0.25) is 0 Å². The van der Waals surface area contributed by atoms with Crippen molar-refractivity contribution >= 4 is 13.8 Å². The van der Waals surface area contributed by atoms with Gasteiger partial charge in [0.05, 0.1) is 13.2 Å². The van der Waals surface area contributed by atoms with Crippen LogP contribution in [0.2, 0.25) is 0 Å². The number of aliphatic hydroxyl groups is 5. The van der Waals surface area contributed by atoms with Crippen LogP contribution in [0.25, 0.3) is 0 Å². The van der Waals surface area contributed by atoms with Gasteiger partial charge in [-0.05, 0) is 109 Å². The molecule has 1 rings (SSSR count). The molecule has 6 atom stereocenters. The minimum atomic E-state index is -5.05. The number of esters is 1. The second-order valence-electron chi connectivity index (χ2n) is 19.0. The molecule has 1 aliphatic carbocycles. The molecule has 1 saturated carbocycles. The molecule has 1 fully saturated rings. The minimum absolute atomic E-state index is 0.118. The number of allylic oxidation sites excluding steroid dienone is 20. The van der Waals surface area contributed by atoms with E-state index in [1.165, 1.54) is 57.8 Å². The van der Waals surface area contributed by atoms with Crippen LogP contribution in [-0.2, 0) is 27.9 Å². The van der Waals surface area contributed by atoms with Crippen molar-refractivity contribution in [1.82, 2.24) is 0 Å². The van der Waals surface area contributed by atoms with E-state index < -0.39 is 63.1 Å². The molecule has 0 saturated heterocycles. The second-order valence-corrected chi connectivity index (χ2v) is 20.5. The molecule has 0 amide bonds. The van der Waals surface area contributed by atoms with Gasteiger partial charge in [0.25, 0.3) is 0 Å². The lowest BCUT2D eigenvalue weighted by Gasteiger charge is -2.41. The van der Waals surface area contributed by atoms with Crippen molar-refractivity contribution in [3.8, 4) is 0 Å². The van der Waals surface area contributed by atoms with Crippen molar-refractivity contribution in [2.75, 3.05) is 19.8 Å². The Morgan fingerprint density at radius 3 is 1.22 bits per heavy atom. The van der Waals surface area contributed by atoms with Crippen molar-refractivity contribution in [3.63, 3.8) is 0 Å². The summed E-state index contributed by atoms with van der Waals surface area (Å²) in [6.45, 7) is 4.02. The summed E-state index contributed by atoms with van der Waals surface area (Å²) in [6, 6.07) is 0. The molecule has 0 bridgehead atoms. The number of hydrogen-bond donors (Lipinski definition) is 6. The lowest BCUT2D eigenvalue weighted by Crippen LogP contribution is -2.64. The van der Waals surface area contributed by atoms with Gasteiger partial charge in [0, 0.05) is 13.0 Å². The number of aliphatic hydroxyl groups excluding tert-OH is 5. The summed E-state index contributed by atoms with van der Waals surface area (Å²) in [4.78, 5) is 23.3. The average Bonchev–Trinajstić information content (AvgIpc) is 3.39. The number of carbonyl (C=O) groups excluding carboxylic acids is 1. The Kier molecular flexibility index (Phi) is 45.8. The Bertz CT molecular complexity index is 1680. The monoisotopic (exact) mass is 1060 g/mol. The maximum absolute atomic E-state index is 12.9. The van der Waals surface area contributed by atoms with E-state index in [1.54, 1.807) is 0 Å². The lowest BCUT2D eigenvalue weighted by atomic mass is 9.85. The Morgan fingerprint density at radius 1 is 0.446 bits per heavy atom. The number of unbranched alkanes of at least 4 members (excludes halogenated alkanes) is 15. The van der Waals surface area contributed by atoms with Gasteiger partial charge in [-0.25, -0.2) is 4.57 Å². The van der Waals surface area contributed by atoms with Crippen LogP contribution in [0, 0.1) is 0 Å². The summed E-state index contributed by atoms with van der Waals surface area (Å²) in [5.41, 5.74) is 0. The maximum Gasteiger partial charge on any atom is 0.472 e. The highest BCUT2D eigenvalue weighted by Crippen LogP contribution is 2.47. The van der Waals surface area contributed by atoms with E-state index in [1.807, 2.05) is 0 Å². The third-order valence-electron chi connectivity index (χ3n) is 12.3. The molecule has 0 aromatic heterocycles. The van der Waals surface area contributed by atoms with Crippen LogP contribution in [0.5, 0.6) is 0 Å². The molecule has 0 aromatic carbocycles. The summed E-state index contributed by atoms with van der Waals surface area (Å²) in [7, 11) is -5.05. The topological polar surface area (TPSA) is 192 Å². The fourth-order valence-corrected chi connectivity index (χ4v) is 8.84. The van der Waals surface area contributed by atoms with Crippen molar-refractivity contribution in [2.24, 2.45) is 0 Å². The summed E-state index contributed by atoms with van der Waals surface area (Å²) in [5.74, 6) is -0.504. The number of rotatable bonds is 47. The fraction of sp³-hybridized carbons (Fsp3) is 0.656. The van der Waals surface area contributed by atoms with Crippen molar-refractivity contribution in [1.29, 1.82) is 0 Å². The normalized spacial score (nSPS) is 21.4. The number of carbonyl (C=O) groups is 1. The van der Waals surface area contributed by atoms with Gasteiger partial charge in [-0.2, -0.15) is 0 Å². The third kappa shape index (κ3) is 40.1. The quantitative estimate of drug-likeness (QED) is 0.0146. The van der Waals surface area contributed by atoms with Gasteiger partial charge in [-0.15, -0.1) is 0 Å². The van der Waals surface area contributed by atoms with Gasteiger partial charge >= 0.3 is 13.8 Å². The number of ether oxygens (including phenoxy) is 2. The first-order chi connectivity index (χ1) is 36.0. The molecular weight excluding hydrogens is 956 g/mol. The number of phosphoric ester groups is 1. The zero-order valence-corrected chi connectivity index (χ0v) is 46.5. The lowest BCUT2D eigenvalue weighted by molar-refractivity contribution is -0.220. The van der Waals surface area contributed by atoms with E-state index >= 15 is 0 Å². The molecular formula is C61H101O12P. The summed E-state index contributed by atoms with van der Waals surface area (Å²) < 4.78 is 34.3. The molecule has 12 nitrogen and oxygen atoms in total. The molecule has 0 heterocycles. The van der Waals surface area contributed by atoms with Crippen molar-refractivity contribution < 1.29 is 58.3 Å². The summed E-state index contributed by atoms with van der Waals surface area (Å²) >= 11 is 0. The van der Waals surface area contributed by atoms with Crippen LogP contribution in [0.4, 0.5) is 0 Å². The SMILES string of the molecule is CC/C=C\C/C=C\C/C=C\C/C=C\C/C=C\C/C=C\C/C=C\CCCCOCC(COP(=O)(O)OC1C(O)C(O)C(O)C(O)C1O)OC(=O)CCCCCCCCCC/C=C\C/C=C\C/C=C\CCCCCCC. The van der Waals surface area contributed by atoms with Gasteiger partial charge < -0.3 is 39.9 Å². The predicted molar refractivity (Wildman–Crippen MR) is 303 cm³/mol. The van der Waals surface area contributed by atoms with Crippen LogP contribution in [0.1, 0.15) is 194 Å². The average molecular weight is 1060 g/mol. The van der Waals surface area contributed by atoms with Crippen molar-refractivity contribution in [2.45, 2.75) is 236 Å². The predicted octanol–water partition coefficient (Wildman–Crippen LogP) is 13.8. The van der Waals surface area contributed by atoms with E-state index in [4.69, 9.17) is 18.5 Å². The molecule has 0 spiro atoms. The fourth-order valence-electron chi connectivity index (χ4n) is 7.87. The van der Waals surface area contributed by atoms with Gasteiger partial charge in [0.15, 0.2) is 0 Å². The van der Waals surface area contributed by atoms with Gasteiger partial charge in [-0.1, -0.05) is 200 Å². The summed E-state index contributed by atoms with van der Waals surface area (Å²) in [6.07, 6.45) is 59.8. The first-order valence-electron chi connectivity index (χ1n) is 28.4. The Labute approximate surface area is 448 Å². The van der Waals surface area contributed by atoms with E-state index in [0.29, 0.717) is 13.0 Å². The van der Waals surface area contributed by atoms with Gasteiger partial charge in [0.1, 0.15) is 42.7 Å². The zero-order chi connectivity index (χ0) is 54.0. The number of phosphoric acid groups is 1. The van der Waals surface area contributed by atoms with E-state index in [-0.39, 0.29) is 13.0 Å². The Balaban J connectivity index is 2.37. The number of hydrogen-bond acceptors (Lipinski definition) is 11. The minimum Gasteiger partial charge on any atom is -0.457 e. The van der Waals surface area contributed by atoms with Crippen LogP contribution < -0.4 is 0 Å². The molecule has 422 valence electrons. The Hall–Kier alpha value is -3.26. The first-order valence-corrected chi connectivity index (χ1v) is 29.9. The third-order valence-corrected chi connectivity index (χ3v) is 13.3. The van der Waals surface area contributed by atoms with Crippen LogP contribution in [0.3, 0.4) is 0 Å². The molecule has 6 N–H and O–H groups in total. The molecule has 0 radical (unpaired) electrons. The molecule has 0 aliphatic heterocycles. The van der Waals surface area contributed by atoms with Crippen LogP contribution >= 0.6 is 7.82 Å². The highest BCUT2D eigenvalue weighted by atomic mass is 31.2. The zero-order valence-electron chi connectivity index (χ0n) is 45.6. The maximum atomic E-state index is 12.9.